The third-order valence-electron chi connectivity index (χ3n) is 2.06. The molecule has 0 radical (unpaired) electrons. The first-order chi connectivity index (χ1) is 7.11. The van der Waals surface area contributed by atoms with Crippen LogP contribution in [0.2, 0.25) is 0 Å². The molecule has 0 aliphatic carbocycles. The van der Waals surface area contributed by atoms with Crippen LogP contribution in [-0.4, -0.2) is 26.2 Å². The maximum absolute atomic E-state index is 10.9. The second-order valence-corrected chi connectivity index (χ2v) is 3.23. The van der Waals surface area contributed by atoms with Crippen molar-refractivity contribution in [2.45, 2.75) is 32.1 Å². The van der Waals surface area contributed by atoms with Crippen LogP contribution in [0.5, 0.6) is 0 Å². The Balaban J connectivity index is 3.43. The smallest absolute Gasteiger partial charge is 0.333 e. The Morgan fingerprint density at radius 2 is 1.60 bits per heavy atom. The average molecular weight is 214 g/mol. The SMILES string of the molecule is C=C(CCCCCC(=O)OC)C(=O)OC. The molecule has 15 heavy (non-hydrogen) atoms. The quantitative estimate of drug-likeness (QED) is 0.368. The summed E-state index contributed by atoms with van der Waals surface area (Å²) in [5.41, 5.74) is 0.482. The van der Waals surface area contributed by atoms with Crippen molar-refractivity contribution in [3.05, 3.63) is 12.2 Å². The highest BCUT2D eigenvalue weighted by Gasteiger charge is 2.06. The van der Waals surface area contributed by atoms with E-state index in [-0.39, 0.29) is 11.9 Å². The minimum absolute atomic E-state index is 0.193. The average Bonchev–Trinajstić information content (AvgIpc) is 2.26. The third kappa shape index (κ3) is 6.71. The van der Waals surface area contributed by atoms with E-state index in [1.807, 2.05) is 0 Å². The van der Waals surface area contributed by atoms with Crippen LogP contribution in [0.1, 0.15) is 32.1 Å². The van der Waals surface area contributed by atoms with Gasteiger partial charge in [0.1, 0.15) is 0 Å². The molecule has 4 heteroatoms. The topological polar surface area (TPSA) is 52.6 Å². The number of rotatable bonds is 7. The van der Waals surface area contributed by atoms with Crippen LogP contribution in [0.25, 0.3) is 0 Å². The number of carbonyl (C=O) groups excluding carboxylic acids is 2. The molecule has 0 unspecified atom stereocenters. The Labute approximate surface area is 90.2 Å². The van der Waals surface area contributed by atoms with Gasteiger partial charge in [0.25, 0.3) is 0 Å². The maximum Gasteiger partial charge on any atom is 0.333 e. The summed E-state index contributed by atoms with van der Waals surface area (Å²) in [4.78, 5) is 21.7. The van der Waals surface area contributed by atoms with E-state index in [0.29, 0.717) is 18.4 Å². The van der Waals surface area contributed by atoms with Crippen molar-refractivity contribution in [2.75, 3.05) is 14.2 Å². The molecule has 0 saturated carbocycles. The van der Waals surface area contributed by atoms with E-state index >= 15 is 0 Å². The fourth-order valence-corrected chi connectivity index (χ4v) is 1.13. The van der Waals surface area contributed by atoms with Gasteiger partial charge in [-0.1, -0.05) is 13.0 Å². The molecule has 0 rings (SSSR count). The van der Waals surface area contributed by atoms with E-state index in [2.05, 4.69) is 16.1 Å². The van der Waals surface area contributed by atoms with Crippen molar-refractivity contribution in [2.24, 2.45) is 0 Å². The first-order valence-electron chi connectivity index (χ1n) is 4.94. The molecule has 0 fully saturated rings. The number of unbranched alkanes of at least 4 members (excludes halogenated alkanes) is 2. The summed E-state index contributed by atoms with van der Waals surface area (Å²) in [5, 5.41) is 0. The van der Waals surface area contributed by atoms with Gasteiger partial charge in [-0.25, -0.2) is 4.79 Å². The minimum Gasteiger partial charge on any atom is -0.469 e. The van der Waals surface area contributed by atoms with E-state index in [4.69, 9.17) is 0 Å². The zero-order valence-corrected chi connectivity index (χ0v) is 9.38. The van der Waals surface area contributed by atoms with Gasteiger partial charge in [0.05, 0.1) is 14.2 Å². The van der Waals surface area contributed by atoms with Crippen molar-refractivity contribution < 1.29 is 19.1 Å². The lowest BCUT2D eigenvalue weighted by atomic mass is 10.1. The van der Waals surface area contributed by atoms with E-state index in [0.717, 1.165) is 19.3 Å². The standard InChI is InChI=1S/C11H18O4/c1-9(11(13)15-3)7-5-4-6-8-10(12)14-2/h1,4-8H2,2-3H3. The van der Waals surface area contributed by atoms with Crippen molar-refractivity contribution in [1.82, 2.24) is 0 Å². The molecule has 0 heterocycles. The number of hydrogen-bond donors (Lipinski definition) is 0. The van der Waals surface area contributed by atoms with E-state index in [1.54, 1.807) is 0 Å². The number of ether oxygens (including phenoxy) is 2. The second-order valence-electron chi connectivity index (χ2n) is 3.23. The number of methoxy groups -OCH3 is 2. The van der Waals surface area contributed by atoms with Gasteiger partial charge in [-0.2, -0.15) is 0 Å². The summed E-state index contributed by atoms with van der Waals surface area (Å²) in [6.07, 6.45) is 3.55. The predicted octanol–water partition coefficient (Wildman–Crippen LogP) is 1.84. The Morgan fingerprint density at radius 3 is 2.13 bits per heavy atom. The summed E-state index contributed by atoms with van der Waals surface area (Å²) in [7, 11) is 2.71. The Kier molecular flexibility index (Phi) is 7.32. The van der Waals surface area contributed by atoms with E-state index < -0.39 is 0 Å². The van der Waals surface area contributed by atoms with Crippen molar-refractivity contribution >= 4 is 11.9 Å². The molecule has 0 bridgehead atoms. The minimum atomic E-state index is -0.358. The molecule has 0 aromatic carbocycles. The van der Waals surface area contributed by atoms with Gasteiger partial charge in [-0.15, -0.1) is 0 Å². The lowest BCUT2D eigenvalue weighted by Crippen LogP contribution is -2.03. The fraction of sp³-hybridized carbons (Fsp3) is 0.636. The third-order valence-corrected chi connectivity index (χ3v) is 2.06. The number of carbonyl (C=O) groups is 2. The summed E-state index contributed by atoms with van der Waals surface area (Å²) in [5.74, 6) is -0.551. The number of esters is 2. The molecule has 86 valence electrons. The molecule has 0 aliphatic rings. The molecular formula is C11H18O4. The van der Waals surface area contributed by atoms with Gasteiger partial charge in [-0.05, 0) is 19.3 Å². The largest absolute Gasteiger partial charge is 0.469 e. The molecule has 0 aromatic rings. The Hall–Kier alpha value is -1.32. The highest BCUT2D eigenvalue weighted by Crippen LogP contribution is 2.09. The highest BCUT2D eigenvalue weighted by molar-refractivity contribution is 5.87. The van der Waals surface area contributed by atoms with Gasteiger partial charge in [0.15, 0.2) is 0 Å². The Bertz CT molecular complexity index is 233. The van der Waals surface area contributed by atoms with Crippen LogP contribution >= 0.6 is 0 Å². The maximum atomic E-state index is 10.9. The van der Waals surface area contributed by atoms with Crippen LogP contribution in [0.4, 0.5) is 0 Å². The molecule has 0 aliphatic heterocycles. The van der Waals surface area contributed by atoms with Crippen LogP contribution in [0.3, 0.4) is 0 Å². The van der Waals surface area contributed by atoms with Crippen molar-refractivity contribution in [3.8, 4) is 0 Å². The van der Waals surface area contributed by atoms with Gasteiger partial charge in [0.2, 0.25) is 0 Å². The monoisotopic (exact) mass is 214 g/mol. The second kappa shape index (κ2) is 8.03. The normalized spacial score (nSPS) is 9.47. The number of hydrogen-bond acceptors (Lipinski definition) is 4. The summed E-state index contributed by atoms with van der Waals surface area (Å²) >= 11 is 0. The van der Waals surface area contributed by atoms with Crippen molar-refractivity contribution in [1.29, 1.82) is 0 Å². The molecule has 0 N–H and O–H groups in total. The van der Waals surface area contributed by atoms with Gasteiger partial charge >= 0.3 is 11.9 Å². The molecular weight excluding hydrogens is 196 g/mol. The van der Waals surface area contributed by atoms with Crippen LogP contribution in [0, 0.1) is 0 Å². The van der Waals surface area contributed by atoms with Gasteiger partial charge in [0, 0.05) is 12.0 Å². The van der Waals surface area contributed by atoms with Crippen LogP contribution in [-0.2, 0) is 19.1 Å². The molecule has 0 amide bonds. The summed E-state index contributed by atoms with van der Waals surface area (Å²) in [6.45, 7) is 3.61. The summed E-state index contributed by atoms with van der Waals surface area (Å²) < 4.78 is 9.01. The lowest BCUT2D eigenvalue weighted by Gasteiger charge is -2.03. The van der Waals surface area contributed by atoms with Gasteiger partial charge < -0.3 is 9.47 Å². The zero-order valence-electron chi connectivity index (χ0n) is 9.38. The summed E-state index contributed by atoms with van der Waals surface area (Å²) in [6, 6.07) is 0. The highest BCUT2D eigenvalue weighted by atomic mass is 16.5. The van der Waals surface area contributed by atoms with E-state index in [9.17, 15) is 9.59 Å². The predicted molar refractivity (Wildman–Crippen MR) is 56.3 cm³/mol. The molecule has 0 aromatic heterocycles. The molecule has 4 nitrogen and oxygen atoms in total. The zero-order chi connectivity index (χ0) is 11.7. The molecule has 0 spiro atoms. The Morgan fingerprint density at radius 1 is 1.00 bits per heavy atom. The molecule has 0 saturated heterocycles. The van der Waals surface area contributed by atoms with Crippen LogP contribution < -0.4 is 0 Å². The van der Waals surface area contributed by atoms with Crippen molar-refractivity contribution in [3.63, 3.8) is 0 Å². The van der Waals surface area contributed by atoms with Gasteiger partial charge in [-0.3, -0.25) is 4.79 Å². The molecule has 0 atom stereocenters. The van der Waals surface area contributed by atoms with Crippen LogP contribution in [0.15, 0.2) is 12.2 Å². The van der Waals surface area contributed by atoms with E-state index in [1.165, 1.54) is 14.2 Å². The lowest BCUT2D eigenvalue weighted by molar-refractivity contribution is -0.140. The first-order valence-corrected chi connectivity index (χ1v) is 4.94. The fourth-order valence-electron chi connectivity index (χ4n) is 1.13. The first kappa shape index (κ1) is 13.7.